The standard InChI is InChI=1S/C11H13NO2S2/c1-2-15-6-7-16(13,14)11-5-3-4-10(8-11)9-12/h3-5,8H,2,6-7H2,1H3. The lowest BCUT2D eigenvalue weighted by atomic mass is 10.2. The largest absolute Gasteiger partial charge is 0.224 e. The minimum Gasteiger partial charge on any atom is -0.224 e. The molecule has 0 N–H and O–H groups in total. The zero-order valence-electron chi connectivity index (χ0n) is 9.01. The van der Waals surface area contributed by atoms with Crippen LogP contribution < -0.4 is 0 Å². The Bertz CT molecular complexity index is 489. The molecule has 0 saturated heterocycles. The Kier molecular flexibility index (Phi) is 4.84. The lowest BCUT2D eigenvalue weighted by molar-refractivity contribution is 0.597. The molecule has 0 aliphatic heterocycles. The molecular weight excluding hydrogens is 242 g/mol. The van der Waals surface area contributed by atoms with Gasteiger partial charge in [0.15, 0.2) is 9.84 Å². The molecule has 86 valence electrons. The molecule has 0 unspecified atom stereocenters. The number of hydrogen-bond acceptors (Lipinski definition) is 4. The van der Waals surface area contributed by atoms with E-state index in [-0.39, 0.29) is 10.6 Å². The fourth-order valence-electron chi connectivity index (χ4n) is 1.19. The van der Waals surface area contributed by atoms with Crippen molar-refractivity contribution in [3.05, 3.63) is 29.8 Å². The fourth-order valence-corrected chi connectivity index (χ4v) is 3.66. The van der Waals surface area contributed by atoms with Gasteiger partial charge in [-0.3, -0.25) is 0 Å². The van der Waals surface area contributed by atoms with Crippen LogP contribution in [0.1, 0.15) is 12.5 Å². The van der Waals surface area contributed by atoms with Crippen molar-refractivity contribution in [3.63, 3.8) is 0 Å². The van der Waals surface area contributed by atoms with Crippen LogP contribution in [0.2, 0.25) is 0 Å². The SMILES string of the molecule is CCSCCS(=O)(=O)c1cccc(C#N)c1. The Hall–Kier alpha value is -0.990. The molecule has 0 aromatic heterocycles. The van der Waals surface area contributed by atoms with Crippen LogP contribution in [0.4, 0.5) is 0 Å². The quantitative estimate of drug-likeness (QED) is 0.756. The van der Waals surface area contributed by atoms with E-state index in [2.05, 4.69) is 0 Å². The van der Waals surface area contributed by atoms with Gasteiger partial charge < -0.3 is 0 Å². The van der Waals surface area contributed by atoms with Gasteiger partial charge in [0.1, 0.15) is 0 Å². The molecule has 16 heavy (non-hydrogen) atoms. The zero-order chi connectivity index (χ0) is 12.0. The predicted octanol–water partition coefficient (Wildman–Crippen LogP) is 2.09. The van der Waals surface area contributed by atoms with E-state index in [4.69, 9.17) is 5.26 Å². The Labute approximate surface area is 100 Å². The van der Waals surface area contributed by atoms with Crippen molar-refractivity contribution in [2.75, 3.05) is 17.3 Å². The van der Waals surface area contributed by atoms with Crippen LogP contribution in [0.15, 0.2) is 29.2 Å². The van der Waals surface area contributed by atoms with Crippen LogP contribution in [0.25, 0.3) is 0 Å². The topological polar surface area (TPSA) is 57.9 Å². The Morgan fingerprint density at radius 3 is 2.81 bits per heavy atom. The maximum Gasteiger partial charge on any atom is 0.179 e. The van der Waals surface area contributed by atoms with Crippen molar-refractivity contribution in [2.45, 2.75) is 11.8 Å². The van der Waals surface area contributed by atoms with Gasteiger partial charge in [0.05, 0.1) is 22.3 Å². The molecule has 0 atom stereocenters. The minimum atomic E-state index is -3.24. The number of thioether (sulfide) groups is 1. The molecule has 1 aromatic carbocycles. The molecule has 0 amide bonds. The van der Waals surface area contributed by atoms with Crippen molar-refractivity contribution in [3.8, 4) is 6.07 Å². The summed E-state index contributed by atoms with van der Waals surface area (Å²) in [4.78, 5) is 0.239. The van der Waals surface area contributed by atoms with E-state index in [9.17, 15) is 8.42 Å². The summed E-state index contributed by atoms with van der Waals surface area (Å²) in [5.41, 5.74) is 0.379. The number of nitrogens with zero attached hydrogens (tertiary/aromatic N) is 1. The van der Waals surface area contributed by atoms with Crippen molar-refractivity contribution in [1.29, 1.82) is 5.26 Å². The highest BCUT2D eigenvalue weighted by atomic mass is 32.2. The summed E-state index contributed by atoms with van der Waals surface area (Å²) < 4.78 is 23.7. The van der Waals surface area contributed by atoms with Crippen LogP contribution in [0, 0.1) is 11.3 Å². The average Bonchev–Trinajstić information content (AvgIpc) is 2.29. The first-order valence-corrected chi connectivity index (χ1v) is 7.71. The highest BCUT2D eigenvalue weighted by molar-refractivity contribution is 8.00. The van der Waals surface area contributed by atoms with Gasteiger partial charge in [-0.2, -0.15) is 17.0 Å². The highest BCUT2D eigenvalue weighted by Crippen LogP contribution is 2.14. The second kappa shape index (κ2) is 5.92. The van der Waals surface area contributed by atoms with Crippen molar-refractivity contribution in [2.24, 2.45) is 0 Å². The van der Waals surface area contributed by atoms with Gasteiger partial charge in [-0.05, 0) is 24.0 Å². The van der Waals surface area contributed by atoms with Crippen molar-refractivity contribution < 1.29 is 8.42 Å². The summed E-state index contributed by atoms with van der Waals surface area (Å²) in [7, 11) is -3.24. The summed E-state index contributed by atoms with van der Waals surface area (Å²) in [6, 6.07) is 8.09. The Morgan fingerprint density at radius 1 is 1.44 bits per heavy atom. The number of rotatable bonds is 5. The van der Waals surface area contributed by atoms with Crippen LogP contribution in [-0.4, -0.2) is 25.7 Å². The predicted molar refractivity (Wildman–Crippen MR) is 66.2 cm³/mol. The molecule has 0 heterocycles. The van der Waals surface area contributed by atoms with Gasteiger partial charge in [0, 0.05) is 5.75 Å². The maximum atomic E-state index is 11.9. The van der Waals surface area contributed by atoms with Crippen LogP contribution in [-0.2, 0) is 9.84 Å². The molecule has 1 rings (SSSR count). The number of hydrogen-bond donors (Lipinski definition) is 0. The highest BCUT2D eigenvalue weighted by Gasteiger charge is 2.14. The van der Waals surface area contributed by atoms with Crippen molar-refractivity contribution >= 4 is 21.6 Å². The van der Waals surface area contributed by atoms with Gasteiger partial charge in [0.2, 0.25) is 0 Å². The Balaban J connectivity index is 2.86. The molecule has 0 bridgehead atoms. The third-order valence-electron chi connectivity index (χ3n) is 2.02. The first-order chi connectivity index (χ1) is 7.60. The van der Waals surface area contributed by atoms with Crippen LogP contribution in [0.3, 0.4) is 0 Å². The molecule has 0 aliphatic rings. The van der Waals surface area contributed by atoms with E-state index in [0.717, 1.165) is 5.75 Å². The van der Waals surface area contributed by atoms with E-state index < -0.39 is 9.84 Å². The normalized spacial score (nSPS) is 11.0. The summed E-state index contributed by atoms with van der Waals surface area (Å²) in [5, 5.41) is 8.69. The molecule has 0 fully saturated rings. The zero-order valence-corrected chi connectivity index (χ0v) is 10.6. The van der Waals surface area contributed by atoms with E-state index in [1.165, 1.54) is 12.1 Å². The summed E-state index contributed by atoms with van der Waals surface area (Å²) in [6.07, 6.45) is 0. The van der Waals surface area contributed by atoms with Gasteiger partial charge in [-0.1, -0.05) is 13.0 Å². The molecule has 0 spiro atoms. The van der Waals surface area contributed by atoms with E-state index in [0.29, 0.717) is 11.3 Å². The molecular formula is C11H13NO2S2. The van der Waals surface area contributed by atoms with E-state index >= 15 is 0 Å². The minimum absolute atomic E-state index is 0.125. The van der Waals surface area contributed by atoms with Gasteiger partial charge in [0.25, 0.3) is 0 Å². The second-order valence-electron chi connectivity index (χ2n) is 3.16. The van der Waals surface area contributed by atoms with E-state index in [1.54, 1.807) is 23.9 Å². The number of benzene rings is 1. The van der Waals surface area contributed by atoms with E-state index in [1.807, 2.05) is 13.0 Å². The molecule has 0 radical (unpaired) electrons. The van der Waals surface area contributed by atoms with Gasteiger partial charge in [-0.15, -0.1) is 0 Å². The fraction of sp³-hybridized carbons (Fsp3) is 0.364. The second-order valence-corrected chi connectivity index (χ2v) is 6.66. The lowest BCUT2D eigenvalue weighted by Gasteiger charge is -2.03. The monoisotopic (exact) mass is 255 g/mol. The van der Waals surface area contributed by atoms with Crippen LogP contribution in [0.5, 0.6) is 0 Å². The summed E-state index contributed by atoms with van der Waals surface area (Å²) in [5.74, 6) is 1.63. The average molecular weight is 255 g/mol. The first-order valence-electron chi connectivity index (χ1n) is 4.91. The third-order valence-corrected chi connectivity index (χ3v) is 4.90. The van der Waals surface area contributed by atoms with Crippen LogP contribution >= 0.6 is 11.8 Å². The Morgan fingerprint density at radius 2 is 2.19 bits per heavy atom. The lowest BCUT2D eigenvalue weighted by Crippen LogP contribution is -2.09. The summed E-state index contributed by atoms with van der Waals surface area (Å²) >= 11 is 1.60. The van der Waals surface area contributed by atoms with Gasteiger partial charge >= 0.3 is 0 Å². The smallest absolute Gasteiger partial charge is 0.179 e. The molecule has 1 aromatic rings. The summed E-state index contributed by atoms with van der Waals surface area (Å²) in [6.45, 7) is 1.99. The molecule has 5 heteroatoms. The maximum absolute atomic E-state index is 11.9. The first kappa shape index (κ1) is 13.1. The third kappa shape index (κ3) is 3.54. The molecule has 0 saturated carbocycles. The van der Waals surface area contributed by atoms with Gasteiger partial charge in [-0.25, -0.2) is 8.42 Å². The number of sulfone groups is 1. The van der Waals surface area contributed by atoms with Crippen molar-refractivity contribution in [1.82, 2.24) is 0 Å². The number of nitriles is 1. The molecule has 0 aliphatic carbocycles. The molecule has 3 nitrogen and oxygen atoms in total.